The Hall–Kier alpha value is -3.67. The minimum Gasteiger partial charge on any atom is -0.477 e. The van der Waals surface area contributed by atoms with Crippen LogP contribution in [0.15, 0.2) is 71.3 Å². The van der Waals surface area contributed by atoms with E-state index in [9.17, 15) is 4.79 Å². The molecule has 0 saturated carbocycles. The molecule has 2 aromatic carbocycles. The van der Waals surface area contributed by atoms with E-state index in [0.717, 1.165) is 16.7 Å². The first kappa shape index (κ1) is 16.8. The topological polar surface area (TPSA) is 77.2 Å². The van der Waals surface area contributed by atoms with E-state index in [1.807, 2.05) is 43.3 Å². The van der Waals surface area contributed by atoms with Crippen molar-refractivity contribution in [3.63, 3.8) is 0 Å². The molecule has 0 aliphatic rings. The first-order valence-electron chi connectivity index (χ1n) is 8.60. The van der Waals surface area contributed by atoms with Gasteiger partial charge in [-0.2, -0.15) is 0 Å². The largest absolute Gasteiger partial charge is 0.477 e. The van der Waals surface area contributed by atoms with E-state index in [-0.39, 0.29) is 5.91 Å². The number of nitrogens with one attached hydrogen (secondary N) is 1. The molecular weight excluding hydrogens is 342 g/mol. The van der Waals surface area contributed by atoms with E-state index in [1.54, 1.807) is 30.5 Å². The number of fused-ring (bicyclic) bond motifs is 1. The molecule has 0 radical (unpaired) electrons. The third kappa shape index (κ3) is 3.50. The van der Waals surface area contributed by atoms with Gasteiger partial charge in [0, 0.05) is 17.4 Å². The van der Waals surface area contributed by atoms with E-state index < -0.39 is 0 Å². The van der Waals surface area contributed by atoms with Gasteiger partial charge < -0.3 is 14.5 Å². The fourth-order valence-electron chi connectivity index (χ4n) is 2.71. The lowest BCUT2D eigenvalue weighted by molar-refractivity contribution is 0.102. The Kier molecular flexibility index (Phi) is 4.53. The summed E-state index contributed by atoms with van der Waals surface area (Å²) in [4.78, 5) is 21.1. The Bertz CT molecular complexity index is 1050. The van der Waals surface area contributed by atoms with Gasteiger partial charge in [0.25, 0.3) is 5.91 Å². The summed E-state index contributed by atoms with van der Waals surface area (Å²) in [5.41, 5.74) is 3.43. The third-order valence-corrected chi connectivity index (χ3v) is 3.98. The number of hydrogen-bond donors (Lipinski definition) is 1. The van der Waals surface area contributed by atoms with E-state index in [4.69, 9.17) is 9.15 Å². The molecular formula is C21H17N3O3. The predicted molar refractivity (Wildman–Crippen MR) is 103 cm³/mol. The van der Waals surface area contributed by atoms with Crippen LogP contribution in [0.25, 0.3) is 22.6 Å². The number of oxazole rings is 1. The van der Waals surface area contributed by atoms with Crippen LogP contribution in [0.4, 0.5) is 5.69 Å². The normalized spacial score (nSPS) is 10.7. The Morgan fingerprint density at radius 2 is 1.89 bits per heavy atom. The molecule has 134 valence electrons. The molecule has 0 aliphatic heterocycles. The minimum absolute atomic E-state index is 0.277. The van der Waals surface area contributed by atoms with Crippen LogP contribution in [0.5, 0.6) is 5.88 Å². The molecule has 0 saturated heterocycles. The lowest BCUT2D eigenvalue weighted by Gasteiger charge is -2.09. The summed E-state index contributed by atoms with van der Waals surface area (Å²) in [5, 5.41) is 2.85. The molecule has 0 bridgehead atoms. The molecule has 0 unspecified atom stereocenters. The summed E-state index contributed by atoms with van der Waals surface area (Å²) < 4.78 is 11.2. The number of hydrogen-bond acceptors (Lipinski definition) is 5. The second kappa shape index (κ2) is 7.29. The summed E-state index contributed by atoms with van der Waals surface area (Å²) in [5.74, 6) is 0.585. The van der Waals surface area contributed by atoms with Gasteiger partial charge in [0.1, 0.15) is 11.1 Å². The molecule has 0 aliphatic carbocycles. The van der Waals surface area contributed by atoms with Gasteiger partial charge in [-0.05, 0) is 55.5 Å². The van der Waals surface area contributed by atoms with Gasteiger partial charge in [0.05, 0.1) is 6.61 Å². The van der Waals surface area contributed by atoms with Crippen LogP contribution in [-0.4, -0.2) is 22.5 Å². The van der Waals surface area contributed by atoms with Gasteiger partial charge in [-0.3, -0.25) is 4.79 Å². The van der Waals surface area contributed by atoms with E-state index in [0.29, 0.717) is 29.6 Å². The van der Waals surface area contributed by atoms with Crippen molar-refractivity contribution in [3.8, 4) is 17.3 Å². The highest BCUT2D eigenvalue weighted by molar-refractivity contribution is 6.05. The molecule has 6 nitrogen and oxygen atoms in total. The van der Waals surface area contributed by atoms with Crippen LogP contribution in [0.2, 0.25) is 0 Å². The number of aromatic nitrogens is 2. The first-order valence-corrected chi connectivity index (χ1v) is 8.60. The molecule has 4 rings (SSSR count). The number of amides is 1. The van der Waals surface area contributed by atoms with E-state index in [2.05, 4.69) is 15.3 Å². The summed E-state index contributed by atoms with van der Waals surface area (Å²) in [7, 11) is 0. The van der Waals surface area contributed by atoms with Crippen molar-refractivity contribution in [2.45, 2.75) is 6.92 Å². The predicted octanol–water partition coefficient (Wildman–Crippen LogP) is 4.54. The Morgan fingerprint density at radius 1 is 1.07 bits per heavy atom. The molecule has 27 heavy (non-hydrogen) atoms. The van der Waals surface area contributed by atoms with Crippen LogP contribution in [0.1, 0.15) is 17.3 Å². The number of pyridine rings is 1. The third-order valence-electron chi connectivity index (χ3n) is 3.98. The van der Waals surface area contributed by atoms with E-state index >= 15 is 0 Å². The number of nitrogens with zero attached hydrogens (tertiary/aromatic N) is 2. The molecule has 1 amide bonds. The fourth-order valence-corrected chi connectivity index (χ4v) is 2.71. The summed E-state index contributed by atoms with van der Waals surface area (Å²) in [6.07, 6.45) is 1.59. The van der Waals surface area contributed by atoms with Crippen molar-refractivity contribution < 1.29 is 13.9 Å². The lowest BCUT2D eigenvalue weighted by Crippen LogP contribution is -2.14. The second-order valence-electron chi connectivity index (χ2n) is 5.81. The molecule has 6 heteroatoms. The van der Waals surface area contributed by atoms with Gasteiger partial charge in [0.15, 0.2) is 5.58 Å². The molecule has 4 aromatic rings. The van der Waals surface area contributed by atoms with Crippen molar-refractivity contribution in [3.05, 3.63) is 72.4 Å². The zero-order valence-electron chi connectivity index (χ0n) is 14.7. The number of para-hydroxylation sites is 2. The second-order valence-corrected chi connectivity index (χ2v) is 5.81. The Labute approximate surface area is 155 Å². The Balaban J connectivity index is 1.53. The average molecular weight is 359 g/mol. The highest BCUT2D eigenvalue weighted by Gasteiger charge is 2.14. The molecule has 2 heterocycles. The van der Waals surface area contributed by atoms with Crippen LogP contribution < -0.4 is 10.1 Å². The number of ether oxygens (including phenoxy) is 1. The zero-order valence-corrected chi connectivity index (χ0v) is 14.7. The first-order chi connectivity index (χ1) is 13.2. The lowest BCUT2D eigenvalue weighted by atomic mass is 10.2. The van der Waals surface area contributed by atoms with Crippen molar-refractivity contribution in [2.24, 2.45) is 0 Å². The quantitative estimate of drug-likeness (QED) is 0.566. The highest BCUT2D eigenvalue weighted by Crippen LogP contribution is 2.25. The van der Waals surface area contributed by atoms with Crippen LogP contribution in [0.3, 0.4) is 0 Å². The number of carbonyl (C=O) groups is 1. The summed E-state index contributed by atoms with van der Waals surface area (Å²) >= 11 is 0. The van der Waals surface area contributed by atoms with Crippen LogP contribution in [0, 0.1) is 0 Å². The number of benzene rings is 2. The number of rotatable bonds is 5. The fraction of sp³-hybridized carbons (Fsp3) is 0.0952. The maximum Gasteiger partial charge on any atom is 0.261 e. The maximum atomic E-state index is 12.5. The van der Waals surface area contributed by atoms with Crippen molar-refractivity contribution in [1.29, 1.82) is 0 Å². The van der Waals surface area contributed by atoms with Crippen molar-refractivity contribution in [2.75, 3.05) is 11.9 Å². The summed E-state index contributed by atoms with van der Waals surface area (Å²) in [6, 6.07) is 18.3. The van der Waals surface area contributed by atoms with Gasteiger partial charge >= 0.3 is 0 Å². The number of carbonyl (C=O) groups excluding carboxylic acids is 1. The maximum absolute atomic E-state index is 12.5. The number of anilines is 1. The van der Waals surface area contributed by atoms with Crippen molar-refractivity contribution >= 4 is 22.7 Å². The highest BCUT2D eigenvalue weighted by atomic mass is 16.5. The molecule has 1 N–H and O–H groups in total. The van der Waals surface area contributed by atoms with Crippen molar-refractivity contribution in [1.82, 2.24) is 9.97 Å². The standard InChI is InChI=1S/C21H17N3O3/c1-2-26-21-16(6-5-13-22-21)19(25)23-15-11-9-14(10-12-15)20-24-17-7-3-4-8-18(17)27-20/h3-13H,2H2,1H3,(H,23,25). The zero-order chi connectivity index (χ0) is 18.6. The Morgan fingerprint density at radius 3 is 2.67 bits per heavy atom. The molecule has 0 fully saturated rings. The minimum atomic E-state index is -0.277. The SMILES string of the molecule is CCOc1ncccc1C(=O)Nc1ccc(-c2nc3ccccc3o2)cc1. The van der Waals surface area contributed by atoms with Gasteiger partial charge in [-0.15, -0.1) is 0 Å². The molecule has 2 aromatic heterocycles. The average Bonchev–Trinajstić information content (AvgIpc) is 3.13. The van der Waals surface area contributed by atoms with Gasteiger partial charge in [-0.1, -0.05) is 12.1 Å². The monoisotopic (exact) mass is 359 g/mol. The van der Waals surface area contributed by atoms with Crippen LogP contribution >= 0.6 is 0 Å². The van der Waals surface area contributed by atoms with Gasteiger partial charge in [-0.25, -0.2) is 9.97 Å². The molecule has 0 atom stereocenters. The summed E-state index contributed by atoms with van der Waals surface area (Å²) in [6.45, 7) is 2.29. The smallest absolute Gasteiger partial charge is 0.261 e. The molecule has 0 spiro atoms. The van der Waals surface area contributed by atoms with Crippen LogP contribution in [-0.2, 0) is 0 Å². The van der Waals surface area contributed by atoms with E-state index in [1.165, 1.54) is 0 Å². The van der Waals surface area contributed by atoms with Gasteiger partial charge in [0.2, 0.25) is 11.8 Å².